The average molecular weight is 435 g/mol. The van der Waals surface area contributed by atoms with E-state index in [-0.39, 0.29) is 18.4 Å². The van der Waals surface area contributed by atoms with Gasteiger partial charge in [-0.05, 0) is 43.0 Å². The van der Waals surface area contributed by atoms with Gasteiger partial charge in [-0.3, -0.25) is 14.5 Å². The van der Waals surface area contributed by atoms with Crippen LogP contribution in [-0.2, 0) is 22.6 Å². The van der Waals surface area contributed by atoms with Gasteiger partial charge in [0.2, 0.25) is 11.8 Å². The van der Waals surface area contributed by atoms with Crippen LogP contribution in [0, 0.1) is 0 Å². The minimum Gasteiger partial charge on any atom is -0.355 e. The molecule has 4 rings (SSSR count). The van der Waals surface area contributed by atoms with Crippen LogP contribution in [0.15, 0.2) is 54.6 Å². The molecule has 6 heteroatoms. The van der Waals surface area contributed by atoms with Gasteiger partial charge < -0.3 is 15.1 Å². The van der Waals surface area contributed by atoms with Gasteiger partial charge in [0.1, 0.15) is 6.54 Å². The van der Waals surface area contributed by atoms with Gasteiger partial charge in [0.25, 0.3) is 0 Å². The summed E-state index contributed by atoms with van der Waals surface area (Å²) in [5.74, 6) is -0.0405. The van der Waals surface area contributed by atoms with Crippen LogP contribution < -0.4 is 10.2 Å². The standard InChI is InChI=1S/C26H34N4O2/c31-25(21-30-24-12-5-4-10-23(24)11-6-13-26(30)32)27-14-7-15-28-16-18-29(19-17-28)20-22-8-2-1-3-9-22/h1-5,8-10,12H,6-7,11,13-21H2,(H,27,31). The maximum atomic E-state index is 12.5. The molecule has 2 amide bonds. The molecule has 2 heterocycles. The van der Waals surface area contributed by atoms with Crippen LogP contribution in [0.4, 0.5) is 5.69 Å². The number of carbonyl (C=O) groups is 2. The fraction of sp³-hybridized carbons (Fsp3) is 0.462. The molecule has 0 atom stereocenters. The van der Waals surface area contributed by atoms with E-state index in [1.807, 2.05) is 18.2 Å². The molecule has 0 saturated carbocycles. The molecule has 0 bridgehead atoms. The predicted octanol–water partition coefficient (Wildman–Crippen LogP) is 2.68. The Kier molecular flexibility index (Phi) is 7.91. The van der Waals surface area contributed by atoms with E-state index < -0.39 is 0 Å². The lowest BCUT2D eigenvalue weighted by Gasteiger charge is -2.34. The largest absolute Gasteiger partial charge is 0.355 e. The summed E-state index contributed by atoms with van der Waals surface area (Å²) in [5.41, 5.74) is 3.41. The van der Waals surface area contributed by atoms with Crippen molar-refractivity contribution >= 4 is 17.5 Å². The van der Waals surface area contributed by atoms with Gasteiger partial charge in [-0.2, -0.15) is 0 Å². The number of piperazine rings is 1. The summed E-state index contributed by atoms with van der Waals surface area (Å²) in [6.45, 7) is 7.06. The number of hydrogen-bond donors (Lipinski definition) is 1. The Labute approximate surface area is 191 Å². The van der Waals surface area contributed by atoms with E-state index in [0.717, 1.165) is 69.8 Å². The van der Waals surface area contributed by atoms with Gasteiger partial charge in [-0.15, -0.1) is 0 Å². The number of benzene rings is 2. The van der Waals surface area contributed by atoms with Crippen LogP contribution in [0.25, 0.3) is 0 Å². The van der Waals surface area contributed by atoms with E-state index in [1.165, 1.54) is 5.56 Å². The average Bonchev–Trinajstić information content (AvgIpc) is 2.97. The molecule has 2 aliphatic heterocycles. The highest BCUT2D eigenvalue weighted by atomic mass is 16.2. The third-order valence-corrected chi connectivity index (χ3v) is 6.41. The van der Waals surface area contributed by atoms with Gasteiger partial charge >= 0.3 is 0 Å². The highest BCUT2D eigenvalue weighted by Gasteiger charge is 2.24. The van der Waals surface area contributed by atoms with Crippen LogP contribution in [0.5, 0.6) is 0 Å². The number of aryl methyl sites for hydroxylation is 1. The molecule has 6 nitrogen and oxygen atoms in total. The maximum Gasteiger partial charge on any atom is 0.240 e. The molecule has 2 aromatic rings. The topological polar surface area (TPSA) is 55.9 Å². The van der Waals surface area contributed by atoms with E-state index in [2.05, 4.69) is 51.5 Å². The summed E-state index contributed by atoms with van der Waals surface area (Å²) in [7, 11) is 0. The van der Waals surface area contributed by atoms with Crippen molar-refractivity contribution < 1.29 is 9.59 Å². The number of anilines is 1. The number of para-hydroxylation sites is 1. The molecule has 0 spiro atoms. The minimum absolute atomic E-state index is 0.0403. The second-order valence-corrected chi connectivity index (χ2v) is 8.77. The molecule has 0 unspecified atom stereocenters. The minimum atomic E-state index is -0.0808. The quantitative estimate of drug-likeness (QED) is 0.649. The van der Waals surface area contributed by atoms with Crippen molar-refractivity contribution in [3.8, 4) is 0 Å². The van der Waals surface area contributed by atoms with Crippen LogP contribution in [-0.4, -0.2) is 67.4 Å². The van der Waals surface area contributed by atoms with Crippen LogP contribution >= 0.6 is 0 Å². The van der Waals surface area contributed by atoms with Crippen molar-refractivity contribution in [3.05, 3.63) is 65.7 Å². The normalized spacial score (nSPS) is 17.6. The Morgan fingerprint density at radius 1 is 0.875 bits per heavy atom. The first-order valence-corrected chi connectivity index (χ1v) is 11.8. The highest BCUT2D eigenvalue weighted by Crippen LogP contribution is 2.26. The van der Waals surface area contributed by atoms with Crippen molar-refractivity contribution in [1.82, 2.24) is 15.1 Å². The van der Waals surface area contributed by atoms with Gasteiger partial charge in [-0.1, -0.05) is 48.5 Å². The molecule has 0 radical (unpaired) electrons. The first-order valence-electron chi connectivity index (χ1n) is 11.8. The number of carbonyl (C=O) groups excluding carboxylic acids is 2. The molecule has 1 saturated heterocycles. The van der Waals surface area contributed by atoms with Crippen molar-refractivity contribution in [2.45, 2.75) is 32.2 Å². The van der Waals surface area contributed by atoms with Gasteiger partial charge in [-0.25, -0.2) is 0 Å². The lowest BCUT2D eigenvalue weighted by atomic mass is 10.1. The number of amides is 2. The summed E-state index contributed by atoms with van der Waals surface area (Å²) in [6, 6.07) is 18.6. The molecule has 1 fully saturated rings. The molecule has 0 aliphatic carbocycles. The number of fused-ring (bicyclic) bond motifs is 1. The van der Waals surface area contributed by atoms with Crippen molar-refractivity contribution in [2.75, 3.05) is 50.7 Å². The fourth-order valence-corrected chi connectivity index (χ4v) is 4.60. The summed E-state index contributed by atoms with van der Waals surface area (Å²) >= 11 is 0. The Balaban J connectivity index is 1.15. The van der Waals surface area contributed by atoms with E-state index in [0.29, 0.717) is 13.0 Å². The summed E-state index contributed by atoms with van der Waals surface area (Å²) in [5, 5.41) is 3.01. The molecule has 32 heavy (non-hydrogen) atoms. The van der Waals surface area contributed by atoms with Crippen LogP contribution in [0.2, 0.25) is 0 Å². The number of hydrogen-bond acceptors (Lipinski definition) is 4. The Hall–Kier alpha value is -2.70. The number of nitrogens with zero attached hydrogens (tertiary/aromatic N) is 3. The first-order chi connectivity index (χ1) is 15.7. The van der Waals surface area contributed by atoms with Gasteiger partial charge in [0.15, 0.2) is 0 Å². The zero-order chi connectivity index (χ0) is 22.2. The van der Waals surface area contributed by atoms with Crippen molar-refractivity contribution in [3.63, 3.8) is 0 Å². The number of rotatable bonds is 8. The smallest absolute Gasteiger partial charge is 0.240 e. The molecule has 2 aromatic carbocycles. The maximum absolute atomic E-state index is 12.5. The summed E-state index contributed by atoms with van der Waals surface area (Å²) in [4.78, 5) is 31.7. The first kappa shape index (κ1) is 22.5. The van der Waals surface area contributed by atoms with E-state index in [9.17, 15) is 9.59 Å². The molecule has 1 N–H and O–H groups in total. The van der Waals surface area contributed by atoms with Crippen LogP contribution in [0.1, 0.15) is 30.4 Å². The molecular formula is C26H34N4O2. The number of nitrogens with one attached hydrogen (secondary N) is 1. The monoisotopic (exact) mass is 434 g/mol. The van der Waals surface area contributed by atoms with E-state index in [4.69, 9.17) is 0 Å². The lowest BCUT2D eigenvalue weighted by molar-refractivity contribution is -0.123. The molecule has 0 aromatic heterocycles. The summed E-state index contributed by atoms with van der Waals surface area (Å²) < 4.78 is 0. The van der Waals surface area contributed by atoms with Crippen molar-refractivity contribution in [2.24, 2.45) is 0 Å². The Bertz CT molecular complexity index is 894. The fourth-order valence-electron chi connectivity index (χ4n) is 4.60. The second-order valence-electron chi connectivity index (χ2n) is 8.77. The third kappa shape index (κ3) is 6.17. The zero-order valence-corrected chi connectivity index (χ0v) is 18.8. The van der Waals surface area contributed by atoms with Gasteiger partial charge in [0.05, 0.1) is 0 Å². The molecule has 170 valence electrons. The van der Waals surface area contributed by atoms with Gasteiger partial charge in [0, 0.05) is 51.4 Å². The molecular weight excluding hydrogens is 400 g/mol. The highest BCUT2D eigenvalue weighted by molar-refractivity contribution is 5.99. The molecule has 2 aliphatic rings. The van der Waals surface area contributed by atoms with Crippen molar-refractivity contribution in [1.29, 1.82) is 0 Å². The SMILES string of the molecule is O=C(CN1C(=O)CCCc2ccccc21)NCCCN1CCN(Cc2ccccc2)CC1. The van der Waals surface area contributed by atoms with Crippen LogP contribution in [0.3, 0.4) is 0 Å². The summed E-state index contributed by atoms with van der Waals surface area (Å²) in [6.07, 6.45) is 3.15. The Morgan fingerprint density at radius 2 is 1.59 bits per heavy atom. The van der Waals surface area contributed by atoms with E-state index in [1.54, 1.807) is 4.90 Å². The zero-order valence-electron chi connectivity index (χ0n) is 18.8. The van der Waals surface area contributed by atoms with E-state index >= 15 is 0 Å². The predicted molar refractivity (Wildman–Crippen MR) is 128 cm³/mol. The third-order valence-electron chi connectivity index (χ3n) is 6.41. The second kappa shape index (κ2) is 11.2. The lowest BCUT2D eigenvalue weighted by Crippen LogP contribution is -2.46. The Morgan fingerprint density at radius 3 is 2.41 bits per heavy atom.